The molecule has 0 bridgehead atoms. The summed E-state index contributed by atoms with van der Waals surface area (Å²) in [5.74, 6) is 1.42. The van der Waals surface area contributed by atoms with E-state index >= 15 is 0 Å². The van der Waals surface area contributed by atoms with Crippen LogP contribution in [0.25, 0.3) is 0 Å². The molecule has 0 radical (unpaired) electrons. The van der Waals surface area contributed by atoms with Gasteiger partial charge < -0.3 is 19.9 Å². The topological polar surface area (TPSA) is 71.4 Å². The second-order valence-electron chi connectivity index (χ2n) is 5.98. The van der Waals surface area contributed by atoms with Crippen LogP contribution in [0, 0.1) is 0 Å². The average molecular weight is 364 g/mol. The Kier molecular flexibility index (Phi) is 5.57. The average Bonchev–Trinajstić information content (AvgIpc) is 3.01. The van der Waals surface area contributed by atoms with E-state index in [-0.39, 0.29) is 18.5 Å². The fourth-order valence-corrected chi connectivity index (χ4v) is 3.21. The van der Waals surface area contributed by atoms with Crippen LogP contribution in [0.3, 0.4) is 0 Å². The third-order valence-electron chi connectivity index (χ3n) is 4.29. The van der Waals surface area contributed by atoms with Crippen molar-refractivity contribution in [3.05, 3.63) is 41.4 Å². The Hall–Kier alpha value is -2.09. The molecule has 2 heterocycles. The largest absolute Gasteiger partial charge is 0.495 e. The number of hydrogen-bond acceptors (Lipinski definition) is 5. The number of nitrogens with one attached hydrogen (secondary N) is 2. The first kappa shape index (κ1) is 17.7. The Morgan fingerprint density at radius 3 is 3.08 bits per heavy atom. The lowest BCUT2D eigenvalue weighted by atomic mass is 10.1. The summed E-state index contributed by atoms with van der Waals surface area (Å²) >= 11 is 6.02. The fourth-order valence-electron chi connectivity index (χ4n) is 3.04. The predicted molar refractivity (Wildman–Crippen MR) is 97.0 cm³/mol. The maximum Gasteiger partial charge on any atom is 0.238 e. The van der Waals surface area contributed by atoms with Gasteiger partial charge in [-0.3, -0.25) is 9.69 Å². The summed E-state index contributed by atoms with van der Waals surface area (Å²) in [5, 5.41) is 6.80. The van der Waals surface area contributed by atoms with Gasteiger partial charge in [-0.15, -0.1) is 0 Å². The van der Waals surface area contributed by atoms with E-state index in [0.29, 0.717) is 16.5 Å². The molecule has 1 aliphatic heterocycles. The van der Waals surface area contributed by atoms with E-state index in [1.54, 1.807) is 31.5 Å². The van der Waals surface area contributed by atoms with Gasteiger partial charge in [0.25, 0.3) is 0 Å². The number of imidazole rings is 1. The number of methoxy groups -OCH3 is 1. The van der Waals surface area contributed by atoms with Crippen LogP contribution in [0.4, 0.5) is 5.69 Å². The van der Waals surface area contributed by atoms with Crippen molar-refractivity contribution in [1.82, 2.24) is 19.8 Å². The Bertz CT molecular complexity index is 748. The van der Waals surface area contributed by atoms with Crippen LogP contribution in [0.2, 0.25) is 5.02 Å². The molecule has 1 saturated heterocycles. The molecule has 3 rings (SSSR count). The number of piperazine rings is 1. The van der Waals surface area contributed by atoms with Crippen LogP contribution in [0.15, 0.2) is 30.6 Å². The zero-order valence-corrected chi connectivity index (χ0v) is 15.1. The number of aryl methyl sites for hydroxylation is 1. The van der Waals surface area contributed by atoms with E-state index in [4.69, 9.17) is 16.3 Å². The zero-order chi connectivity index (χ0) is 17.8. The lowest BCUT2D eigenvalue weighted by Crippen LogP contribution is -2.49. The Balaban J connectivity index is 1.71. The molecule has 0 spiro atoms. The molecule has 1 amide bonds. The number of carbonyl (C=O) groups is 1. The molecule has 1 aromatic carbocycles. The van der Waals surface area contributed by atoms with Gasteiger partial charge in [-0.25, -0.2) is 4.98 Å². The summed E-state index contributed by atoms with van der Waals surface area (Å²) < 4.78 is 7.27. The molecule has 25 heavy (non-hydrogen) atoms. The minimum absolute atomic E-state index is 0.0563. The molecule has 0 saturated carbocycles. The normalized spacial score (nSPS) is 18.1. The van der Waals surface area contributed by atoms with Crippen molar-refractivity contribution >= 4 is 23.2 Å². The highest BCUT2D eigenvalue weighted by Crippen LogP contribution is 2.28. The smallest absolute Gasteiger partial charge is 0.238 e. The number of rotatable bonds is 5. The van der Waals surface area contributed by atoms with Crippen molar-refractivity contribution < 1.29 is 9.53 Å². The van der Waals surface area contributed by atoms with Crippen molar-refractivity contribution in [3.8, 4) is 5.75 Å². The van der Waals surface area contributed by atoms with E-state index in [9.17, 15) is 4.79 Å². The van der Waals surface area contributed by atoms with Gasteiger partial charge in [0.05, 0.1) is 25.4 Å². The van der Waals surface area contributed by atoms with Gasteiger partial charge in [-0.05, 0) is 18.2 Å². The van der Waals surface area contributed by atoms with Crippen LogP contribution in [-0.2, 0) is 11.8 Å². The van der Waals surface area contributed by atoms with Crippen LogP contribution in [0.1, 0.15) is 11.9 Å². The highest BCUT2D eigenvalue weighted by Gasteiger charge is 2.28. The van der Waals surface area contributed by atoms with E-state index < -0.39 is 0 Å². The number of aromatic nitrogens is 2. The Morgan fingerprint density at radius 1 is 1.52 bits per heavy atom. The van der Waals surface area contributed by atoms with E-state index in [1.165, 1.54) is 0 Å². The molecular formula is C17H22ClN5O2. The number of ether oxygens (including phenoxy) is 1. The maximum absolute atomic E-state index is 12.6. The fraction of sp³-hybridized carbons (Fsp3) is 0.412. The highest BCUT2D eigenvalue weighted by atomic mass is 35.5. The molecule has 7 nitrogen and oxygen atoms in total. The lowest BCUT2D eigenvalue weighted by Gasteiger charge is -2.35. The third kappa shape index (κ3) is 4.12. The number of benzene rings is 1. The van der Waals surface area contributed by atoms with Gasteiger partial charge in [-0.1, -0.05) is 11.6 Å². The number of carbonyl (C=O) groups excluding carboxylic acids is 1. The molecule has 0 aliphatic carbocycles. The van der Waals surface area contributed by atoms with Crippen LogP contribution in [-0.4, -0.2) is 53.6 Å². The number of anilines is 1. The summed E-state index contributed by atoms with van der Waals surface area (Å²) in [6.07, 6.45) is 3.69. The highest BCUT2D eigenvalue weighted by molar-refractivity contribution is 6.31. The third-order valence-corrected chi connectivity index (χ3v) is 4.53. The first-order valence-corrected chi connectivity index (χ1v) is 8.51. The minimum Gasteiger partial charge on any atom is -0.495 e. The van der Waals surface area contributed by atoms with Gasteiger partial charge >= 0.3 is 0 Å². The van der Waals surface area contributed by atoms with E-state index in [1.807, 2.05) is 17.8 Å². The molecule has 134 valence electrons. The summed E-state index contributed by atoms with van der Waals surface area (Å²) in [4.78, 5) is 19.1. The van der Waals surface area contributed by atoms with Gasteiger partial charge in [-0.2, -0.15) is 0 Å². The van der Waals surface area contributed by atoms with Crippen molar-refractivity contribution in [1.29, 1.82) is 0 Å². The van der Waals surface area contributed by atoms with Crippen molar-refractivity contribution in [2.75, 3.05) is 38.6 Å². The van der Waals surface area contributed by atoms with Gasteiger partial charge in [0.1, 0.15) is 11.6 Å². The first-order chi connectivity index (χ1) is 12.1. The molecule has 1 aromatic heterocycles. The monoisotopic (exact) mass is 363 g/mol. The summed E-state index contributed by atoms with van der Waals surface area (Å²) in [5.41, 5.74) is 0.573. The van der Waals surface area contributed by atoms with E-state index in [0.717, 1.165) is 25.5 Å². The van der Waals surface area contributed by atoms with Crippen LogP contribution < -0.4 is 15.4 Å². The molecular weight excluding hydrogens is 342 g/mol. The first-order valence-electron chi connectivity index (χ1n) is 8.14. The van der Waals surface area contributed by atoms with Crippen molar-refractivity contribution in [2.45, 2.75) is 6.04 Å². The van der Waals surface area contributed by atoms with Gasteiger partial charge in [0.15, 0.2) is 0 Å². The number of nitrogens with zero attached hydrogens (tertiary/aromatic N) is 3. The number of halogens is 1. The van der Waals surface area contributed by atoms with Gasteiger partial charge in [0.2, 0.25) is 5.91 Å². The molecule has 1 unspecified atom stereocenters. The van der Waals surface area contributed by atoms with Crippen LogP contribution >= 0.6 is 11.6 Å². The predicted octanol–water partition coefficient (Wildman–Crippen LogP) is 1.67. The van der Waals surface area contributed by atoms with E-state index in [2.05, 4.69) is 20.5 Å². The zero-order valence-electron chi connectivity index (χ0n) is 14.3. The number of hydrogen-bond donors (Lipinski definition) is 2. The standard InChI is InChI=1S/C17H22ClN5O2/c1-22-7-6-20-17(22)14-10-19-5-8-23(14)11-16(24)21-13-9-12(18)3-4-15(13)25-2/h3-4,6-7,9,14,19H,5,8,10-11H2,1-2H3,(H,21,24). The summed E-state index contributed by atoms with van der Waals surface area (Å²) in [6.45, 7) is 2.65. The molecule has 1 atom stereocenters. The molecule has 2 aromatic rings. The number of amides is 1. The Labute approximate surface area is 151 Å². The van der Waals surface area contributed by atoms with Crippen molar-refractivity contribution in [3.63, 3.8) is 0 Å². The lowest BCUT2D eigenvalue weighted by molar-refractivity contribution is -0.118. The van der Waals surface area contributed by atoms with Crippen LogP contribution in [0.5, 0.6) is 5.75 Å². The maximum atomic E-state index is 12.6. The Morgan fingerprint density at radius 2 is 2.36 bits per heavy atom. The minimum atomic E-state index is -0.110. The second-order valence-corrected chi connectivity index (χ2v) is 6.42. The molecule has 8 heteroatoms. The second kappa shape index (κ2) is 7.86. The molecule has 1 aliphatic rings. The molecule has 1 fully saturated rings. The molecule has 2 N–H and O–H groups in total. The SMILES string of the molecule is COc1ccc(Cl)cc1NC(=O)CN1CCNCC1c1nccn1C. The summed E-state index contributed by atoms with van der Waals surface area (Å²) in [6, 6.07) is 5.20. The van der Waals surface area contributed by atoms with Gasteiger partial charge in [0, 0.05) is 44.1 Å². The summed E-state index contributed by atoms with van der Waals surface area (Å²) in [7, 11) is 3.53. The van der Waals surface area contributed by atoms with Crippen molar-refractivity contribution in [2.24, 2.45) is 7.05 Å². The quantitative estimate of drug-likeness (QED) is 0.845.